The van der Waals surface area contributed by atoms with Gasteiger partial charge in [-0.05, 0) is 37.5 Å². The Morgan fingerprint density at radius 3 is 2.86 bits per heavy atom. The molecule has 1 aromatic heterocycles. The molecule has 1 atom stereocenters. The average Bonchev–Trinajstić information content (AvgIpc) is 2.75. The van der Waals surface area contributed by atoms with E-state index in [9.17, 15) is 0 Å². The largest absolute Gasteiger partial charge is 0.357 e. The number of rotatable bonds is 8. The van der Waals surface area contributed by atoms with Crippen molar-refractivity contribution in [1.29, 1.82) is 5.41 Å². The lowest BCUT2D eigenvalue weighted by atomic mass is 10.1. The van der Waals surface area contributed by atoms with E-state index in [1.165, 1.54) is 5.56 Å². The van der Waals surface area contributed by atoms with Crippen molar-refractivity contribution in [3.05, 3.63) is 48.7 Å². The molecule has 5 nitrogen and oxygen atoms in total. The summed E-state index contributed by atoms with van der Waals surface area (Å²) in [4.78, 5) is 14.3. The van der Waals surface area contributed by atoms with Crippen LogP contribution in [0.5, 0.6) is 0 Å². The van der Waals surface area contributed by atoms with Crippen molar-refractivity contribution in [2.45, 2.75) is 46.1 Å². The van der Waals surface area contributed by atoms with E-state index >= 15 is 0 Å². The van der Waals surface area contributed by atoms with Crippen molar-refractivity contribution < 1.29 is 0 Å². The van der Waals surface area contributed by atoms with E-state index in [0.29, 0.717) is 5.71 Å². The Morgan fingerprint density at radius 1 is 1.32 bits per heavy atom. The quantitative estimate of drug-likeness (QED) is 0.676. The van der Waals surface area contributed by atoms with Crippen LogP contribution in [0.25, 0.3) is 11.4 Å². The molecule has 148 valence electrons. The lowest BCUT2D eigenvalue weighted by Gasteiger charge is -2.40. The lowest BCUT2D eigenvalue weighted by molar-refractivity contribution is 0.644. The summed E-state index contributed by atoms with van der Waals surface area (Å²) in [6.45, 7) is 13.0. The topological polar surface area (TPSA) is 56.1 Å². The number of anilines is 2. The first-order valence-electron chi connectivity index (χ1n) is 10.3. The van der Waals surface area contributed by atoms with Gasteiger partial charge >= 0.3 is 0 Å². The van der Waals surface area contributed by atoms with Crippen LogP contribution >= 0.6 is 0 Å². The second-order valence-electron chi connectivity index (χ2n) is 7.33. The van der Waals surface area contributed by atoms with Gasteiger partial charge in [-0.2, -0.15) is 0 Å². The number of hydrogen-bond acceptors (Lipinski definition) is 5. The van der Waals surface area contributed by atoms with Gasteiger partial charge in [-0.15, -0.1) is 0 Å². The molecule has 2 heterocycles. The smallest absolute Gasteiger partial charge is 0.161 e. The van der Waals surface area contributed by atoms with E-state index in [0.717, 1.165) is 61.8 Å². The maximum Gasteiger partial charge on any atom is 0.161 e. The minimum Gasteiger partial charge on any atom is -0.357 e. The second kappa shape index (κ2) is 9.00. The highest BCUT2D eigenvalue weighted by molar-refractivity contribution is 5.98. The van der Waals surface area contributed by atoms with Crippen LogP contribution in [0.15, 0.2) is 43.1 Å². The van der Waals surface area contributed by atoms with Gasteiger partial charge in [-0.3, -0.25) is 0 Å². The number of aryl methyl sites for hydroxylation is 1. The number of hydrogen-bond donors (Lipinski definition) is 1. The van der Waals surface area contributed by atoms with Gasteiger partial charge in [0, 0.05) is 25.2 Å². The Morgan fingerprint density at radius 2 is 2.14 bits per heavy atom. The summed E-state index contributed by atoms with van der Waals surface area (Å²) in [5, 5.41) is 8.19. The van der Waals surface area contributed by atoms with Crippen molar-refractivity contribution in [2.24, 2.45) is 0 Å². The summed E-state index contributed by atoms with van der Waals surface area (Å²) in [5.41, 5.74) is 3.88. The van der Waals surface area contributed by atoms with Crippen LogP contribution in [0.3, 0.4) is 0 Å². The van der Waals surface area contributed by atoms with Crippen LogP contribution in [-0.2, 0) is 6.42 Å². The predicted octanol–water partition coefficient (Wildman–Crippen LogP) is 4.73. The first-order valence-corrected chi connectivity index (χ1v) is 10.3. The van der Waals surface area contributed by atoms with Gasteiger partial charge in [0.25, 0.3) is 0 Å². The van der Waals surface area contributed by atoms with Crippen molar-refractivity contribution in [3.8, 4) is 11.4 Å². The lowest BCUT2D eigenvalue weighted by Crippen LogP contribution is -2.48. The van der Waals surface area contributed by atoms with Gasteiger partial charge < -0.3 is 15.2 Å². The van der Waals surface area contributed by atoms with Gasteiger partial charge in [0.05, 0.1) is 23.6 Å². The summed E-state index contributed by atoms with van der Waals surface area (Å²) in [7, 11) is 0. The standard InChI is InChI=1S/C23H31N5/c1-5-8-12-27-13-14-28(17(4)20(24)7-3)21-16-25-22(26-23(21)27)19-11-9-10-18(6-2)15-19/h7,9-11,15-17,24H,3,5-6,8,12-14H2,1-2,4H3. The highest BCUT2D eigenvalue weighted by Gasteiger charge is 2.29. The molecule has 1 aliphatic heterocycles. The van der Waals surface area contributed by atoms with Crippen LogP contribution in [-0.4, -0.2) is 41.4 Å². The van der Waals surface area contributed by atoms with E-state index < -0.39 is 0 Å². The fraction of sp³-hybridized carbons (Fsp3) is 0.435. The minimum atomic E-state index is -0.0394. The van der Waals surface area contributed by atoms with Crippen LogP contribution in [0.2, 0.25) is 0 Å². The van der Waals surface area contributed by atoms with Gasteiger partial charge in [-0.1, -0.05) is 45.0 Å². The zero-order valence-corrected chi connectivity index (χ0v) is 17.3. The Kier molecular flexibility index (Phi) is 6.45. The van der Waals surface area contributed by atoms with Crippen molar-refractivity contribution in [2.75, 3.05) is 29.4 Å². The number of benzene rings is 1. The molecule has 28 heavy (non-hydrogen) atoms. The number of nitrogens with zero attached hydrogens (tertiary/aromatic N) is 4. The monoisotopic (exact) mass is 377 g/mol. The molecule has 2 aromatic rings. The molecule has 0 saturated carbocycles. The SMILES string of the molecule is C=CC(=N)C(C)N1CCN(CCCC)c2nc(-c3cccc(CC)c3)ncc21. The molecule has 3 rings (SSSR count). The maximum absolute atomic E-state index is 8.19. The molecule has 0 spiro atoms. The first-order chi connectivity index (χ1) is 13.6. The van der Waals surface area contributed by atoms with Crippen LogP contribution in [0, 0.1) is 5.41 Å². The fourth-order valence-electron chi connectivity index (χ4n) is 3.63. The van der Waals surface area contributed by atoms with E-state index in [4.69, 9.17) is 15.4 Å². The summed E-state index contributed by atoms with van der Waals surface area (Å²) >= 11 is 0. The molecular weight excluding hydrogens is 346 g/mol. The summed E-state index contributed by atoms with van der Waals surface area (Å²) in [6, 6.07) is 8.43. The molecule has 5 heteroatoms. The second-order valence-corrected chi connectivity index (χ2v) is 7.33. The molecule has 1 unspecified atom stereocenters. The highest BCUT2D eigenvalue weighted by Crippen LogP contribution is 2.34. The van der Waals surface area contributed by atoms with Gasteiger partial charge in [-0.25, -0.2) is 9.97 Å². The number of unbranched alkanes of at least 4 members (excludes halogenated alkanes) is 1. The summed E-state index contributed by atoms with van der Waals surface area (Å²) in [6.07, 6.45) is 6.85. The first kappa shape index (κ1) is 20.1. The highest BCUT2D eigenvalue weighted by atomic mass is 15.3. The molecule has 0 amide bonds. The van der Waals surface area contributed by atoms with Gasteiger partial charge in [0.15, 0.2) is 11.6 Å². The van der Waals surface area contributed by atoms with Crippen LogP contribution in [0.1, 0.15) is 39.2 Å². The Bertz CT molecular complexity index is 845. The minimum absolute atomic E-state index is 0.0394. The van der Waals surface area contributed by atoms with Crippen LogP contribution in [0.4, 0.5) is 11.5 Å². The third-order valence-electron chi connectivity index (χ3n) is 5.48. The van der Waals surface area contributed by atoms with Gasteiger partial charge in [0.1, 0.15) is 0 Å². The molecule has 0 radical (unpaired) electrons. The van der Waals surface area contributed by atoms with E-state index in [1.807, 2.05) is 13.1 Å². The third kappa shape index (κ3) is 4.08. The van der Waals surface area contributed by atoms with Crippen LogP contribution < -0.4 is 9.80 Å². The van der Waals surface area contributed by atoms with Crippen molar-refractivity contribution >= 4 is 17.2 Å². The molecule has 0 bridgehead atoms. The Hall–Kier alpha value is -2.69. The number of nitrogens with one attached hydrogen (secondary N) is 1. The Balaban J connectivity index is 2.02. The molecular formula is C23H31N5. The Labute approximate surface area is 168 Å². The summed E-state index contributed by atoms with van der Waals surface area (Å²) < 4.78 is 0. The van der Waals surface area contributed by atoms with E-state index in [-0.39, 0.29) is 6.04 Å². The fourth-order valence-corrected chi connectivity index (χ4v) is 3.63. The molecule has 0 aliphatic carbocycles. The number of aromatic nitrogens is 2. The zero-order chi connectivity index (χ0) is 20.1. The predicted molar refractivity (Wildman–Crippen MR) is 119 cm³/mol. The van der Waals surface area contributed by atoms with Gasteiger partial charge in [0.2, 0.25) is 0 Å². The normalized spacial score (nSPS) is 14.5. The maximum atomic E-state index is 8.19. The van der Waals surface area contributed by atoms with E-state index in [2.05, 4.69) is 54.5 Å². The zero-order valence-electron chi connectivity index (χ0n) is 17.3. The third-order valence-corrected chi connectivity index (χ3v) is 5.48. The van der Waals surface area contributed by atoms with Crippen molar-refractivity contribution in [1.82, 2.24) is 9.97 Å². The number of fused-ring (bicyclic) bond motifs is 1. The average molecular weight is 378 g/mol. The molecule has 0 saturated heterocycles. The molecule has 1 aliphatic rings. The molecule has 0 fully saturated rings. The van der Waals surface area contributed by atoms with Crippen molar-refractivity contribution in [3.63, 3.8) is 0 Å². The molecule has 1 aromatic carbocycles. The molecule has 1 N–H and O–H groups in total. The summed E-state index contributed by atoms with van der Waals surface area (Å²) in [5.74, 6) is 1.75. The van der Waals surface area contributed by atoms with E-state index in [1.54, 1.807) is 6.08 Å².